The highest BCUT2D eigenvalue weighted by atomic mass is 32.1. The molecule has 0 aromatic carbocycles. The quantitative estimate of drug-likeness (QED) is 0.835. The number of hydrogen-bond donors (Lipinski definition) is 1. The zero-order valence-electron chi connectivity index (χ0n) is 12.0. The van der Waals surface area contributed by atoms with Crippen LogP contribution in [0.5, 0.6) is 0 Å². The lowest BCUT2D eigenvalue weighted by molar-refractivity contribution is -0.00199. The Morgan fingerprint density at radius 3 is 3.21 bits per heavy atom. The third-order valence-electron chi connectivity index (χ3n) is 3.28. The Bertz CT molecular complexity index is 369. The van der Waals surface area contributed by atoms with E-state index in [0.717, 1.165) is 37.8 Å². The largest absolute Gasteiger partial charge is 0.377 e. The number of nitrogens with zero attached hydrogens (tertiary/aromatic N) is 2. The molecule has 0 aliphatic carbocycles. The van der Waals surface area contributed by atoms with Gasteiger partial charge < -0.3 is 10.1 Å². The highest BCUT2D eigenvalue weighted by Crippen LogP contribution is 2.22. The van der Waals surface area contributed by atoms with Crippen molar-refractivity contribution >= 4 is 16.5 Å². The molecule has 1 atom stereocenters. The lowest BCUT2D eigenvalue weighted by atomic mass is 10.1. The SMILES string of the molecule is CCCOC1CCCN(Cc2cnc(NCC)s2)C1. The topological polar surface area (TPSA) is 37.4 Å². The van der Waals surface area contributed by atoms with E-state index in [4.69, 9.17) is 4.74 Å². The third-order valence-corrected chi connectivity index (χ3v) is 4.22. The van der Waals surface area contributed by atoms with Crippen molar-refractivity contribution in [3.8, 4) is 0 Å². The van der Waals surface area contributed by atoms with Crippen LogP contribution in [0.2, 0.25) is 0 Å². The Kier molecular flexibility index (Phi) is 6.07. The predicted molar refractivity (Wildman–Crippen MR) is 80.8 cm³/mol. The monoisotopic (exact) mass is 283 g/mol. The minimum absolute atomic E-state index is 0.426. The molecule has 1 aliphatic heterocycles. The van der Waals surface area contributed by atoms with E-state index < -0.39 is 0 Å². The van der Waals surface area contributed by atoms with Crippen LogP contribution in [0, 0.1) is 0 Å². The van der Waals surface area contributed by atoms with Gasteiger partial charge in [0.05, 0.1) is 6.10 Å². The smallest absolute Gasteiger partial charge is 0.182 e. The summed E-state index contributed by atoms with van der Waals surface area (Å²) in [7, 11) is 0. The summed E-state index contributed by atoms with van der Waals surface area (Å²) in [5.74, 6) is 0. The zero-order valence-corrected chi connectivity index (χ0v) is 12.8. The number of hydrogen-bond acceptors (Lipinski definition) is 5. The Morgan fingerprint density at radius 1 is 1.53 bits per heavy atom. The van der Waals surface area contributed by atoms with E-state index in [-0.39, 0.29) is 0 Å². The van der Waals surface area contributed by atoms with E-state index >= 15 is 0 Å². The summed E-state index contributed by atoms with van der Waals surface area (Å²) in [6.45, 7) is 9.35. The molecular formula is C14H25N3OS. The minimum Gasteiger partial charge on any atom is -0.377 e. The minimum atomic E-state index is 0.426. The summed E-state index contributed by atoms with van der Waals surface area (Å²) in [4.78, 5) is 8.22. The van der Waals surface area contributed by atoms with Crippen molar-refractivity contribution in [1.29, 1.82) is 0 Å². The van der Waals surface area contributed by atoms with E-state index in [1.54, 1.807) is 11.3 Å². The lowest BCUT2D eigenvalue weighted by Gasteiger charge is -2.32. The summed E-state index contributed by atoms with van der Waals surface area (Å²) in [6.07, 6.45) is 5.99. The second-order valence-corrected chi connectivity index (χ2v) is 6.15. The van der Waals surface area contributed by atoms with Crippen LogP contribution < -0.4 is 5.32 Å². The maximum atomic E-state index is 5.88. The summed E-state index contributed by atoms with van der Waals surface area (Å²) in [5, 5.41) is 4.30. The fraction of sp³-hybridized carbons (Fsp3) is 0.786. The Hall–Kier alpha value is -0.650. The first-order chi connectivity index (χ1) is 9.31. The molecule has 0 saturated carbocycles. The number of nitrogens with one attached hydrogen (secondary N) is 1. The number of likely N-dealkylation sites (tertiary alicyclic amines) is 1. The Morgan fingerprint density at radius 2 is 2.42 bits per heavy atom. The fourth-order valence-electron chi connectivity index (χ4n) is 2.41. The van der Waals surface area contributed by atoms with Crippen LogP contribution in [0.15, 0.2) is 6.20 Å². The van der Waals surface area contributed by atoms with Gasteiger partial charge in [-0.15, -0.1) is 11.3 Å². The molecule has 1 unspecified atom stereocenters. The van der Waals surface area contributed by atoms with Crippen molar-refractivity contribution in [2.75, 3.05) is 31.6 Å². The van der Waals surface area contributed by atoms with Gasteiger partial charge >= 0.3 is 0 Å². The van der Waals surface area contributed by atoms with E-state index in [1.165, 1.54) is 24.3 Å². The van der Waals surface area contributed by atoms with Gasteiger partial charge in [-0.05, 0) is 32.7 Å². The normalized spacial score (nSPS) is 20.6. The van der Waals surface area contributed by atoms with Crippen LogP contribution in [0.3, 0.4) is 0 Å². The molecule has 2 heterocycles. The third kappa shape index (κ3) is 4.75. The first-order valence-electron chi connectivity index (χ1n) is 7.34. The first kappa shape index (κ1) is 14.8. The molecule has 2 rings (SSSR count). The molecule has 5 heteroatoms. The molecule has 1 saturated heterocycles. The van der Waals surface area contributed by atoms with Gasteiger partial charge in [-0.1, -0.05) is 6.92 Å². The standard InChI is InChI=1S/C14H25N3OS/c1-3-8-18-12-6-5-7-17(10-12)11-13-9-16-14(19-13)15-4-2/h9,12H,3-8,10-11H2,1-2H3,(H,15,16). The second-order valence-electron chi connectivity index (χ2n) is 5.03. The van der Waals surface area contributed by atoms with E-state index in [2.05, 4.69) is 29.0 Å². The van der Waals surface area contributed by atoms with Gasteiger partial charge in [-0.3, -0.25) is 4.90 Å². The van der Waals surface area contributed by atoms with Crippen LogP contribution in [0.25, 0.3) is 0 Å². The number of rotatable bonds is 7. The van der Waals surface area contributed by atoms with Gasteiger partial charge in [0.25, 0.3) is 0 Å². The van der Waals surface area contributed by atoms with Gasteiger partial charge in [-0.25, -0.2) is 4.98 Å². The molecule has 1 aromatic heterocycles. The summed E-state index contributed by atoms with van der Waals surface area (Å²) in [5.41, 5.74) is 0. The summed E-state index contributed by atoms with van der Waals surface area (Å²) < 4.78 is 5.88. The van der Waals surface area contributed by atoms with Crippen molar-refractivity contribution in [1.82, 2.24) is 9.88 Å². The molecule has 0 amide bonds. The molecule has 0 radical (unpaired) electrons. The highest BCUT2D eigenvalue weighted by Gasteiger charge is 2.20. The summed E-state index contributed by atoms with van der Waals surface area (Å²) in [6, 6.07) is 0. The van der Waals surface area contributed by atoms with E-state index in [9.17, 15) is 0 Å². The number of ether oxygens (including phenoxy) is 1. The molecule has 1 aromatic rings. The maximum absolute atomic E-state index is 5.88. The average Bonchev–Trinajstić information content (AvgIpc) is 2.85. The van der Waals surface area contributed by atoms with Crippen molar-refractivity contribution in [2.45, 2.75) is 45.8 Å². The number of thiazole rings is 1. The lowest BCUT2D eigenvalue weighted by Crippen LogP contribution is -2.39. The van der Waals surface area contributed by atoms with Crippen LogP contribution in [-0.4, -0.2) is 42.2 Å². The number of aromatic nitrogens is 1. The molecule has 108 valence electrons. The molecule has 1 fully saturated rings. The van der Waals surface area contributed by atoms with E-state index in [1.807, 2.05) is 6.20 Å². The maximum Gasteiger partial charge on any atom is 0.182 e. The fourth-order valence-corrected chi connectivity index (χ4v) is 3.33. The molecule has 19 heavy (non-hydrogen) atoms. The number of anilines is 1. The number of piperidine rings is 1. The molecule has 4 nitrogen and oxygen atoms in total. The molecule has 1 aliphatic rings. The first-order valence-corrected chi connectivity index (χ1v) is 8.16. The van der Waals surface area contributed by atoms with E-state index in [0.29, 0.717) is 6.10 Å². The van der Waals surface area contributed by atoms with Crippen molar-refractivity contribution in [2.24, 2.45) is 0 Å². The summed E-state index contributed by atoms with van der Waals surface area (Å²) >= 11 is 1.77. The molecule has 1 N–H and O–H groups in total. The Balaban J connectivity index is 1.80. The van der Waals surface area contributed by atoms with Crippen LogP contribution in [0.4, 0.5) is 5.13 Å². The second kappa shape index (κ2) is 7.82. The molecule has 0 bridgehead atoms. The van der Waals surface area contributed by atoms with Gasteiger partial charge in [0, 0.05) is 37.3 Å². The Labute approximate surface area is 120 Å². The highest BCUT2D eigenvalue weighted by molar-refractivity contribution is 7.15. The van der Waals surface area contributed by atoms with Crippen molar-refractivity contribution in [3.63, 3.8) is 0 Å². The predicted octanol–water partition coefficient (Wildman–Crippen LogP) is 2.97. The molecular weight excluding hydrogens is 258 g/mol. The van der Waals surface area contributed by atoms with Gasteiger partial charge in [0.15, 0.2) is 5.13 Å². The van der Waals surface area contributed by atoms with Crippen LogP contribution in [0.1, 0.15) is 38.0 Å². The zero-order chi connectivity index (χ0) is 13.5. The van der Waals surface area contributed by atoms with Gasteiger partial charge in [0.2, 0.25) is 0 Å². The van der Waals surface area contributed by atoms with Gasteiger partial charge in [0.1, 0.15) is 0 Å². The van der Waals surface area contributed by atoms with Crippen LogP contribution in [-0.2, 0) is 11.3 Å². The van der Waals surface area contributed by atoms with Crippen LogP contribution >= 0.6 is 11.3 Å². The molecule has 0 spiro atoms. The average molecular weight is 283 g/mol. The van der Waals surface area contributed by atoms with Crippen molar-refractivity contribution in [3.05, 3.63) is 11.1 Å². The van der Waals surface area contributed by atoms with Crippen molar-refractivity contribution < 1.29 is 4.74 Å². The van der Waals surface area contributed by atoms with Gasteiger partial charge in [-0.2, -0.15) is 0 Å².